The predicted octanol–water partition coefficient (Wildman–Crippen LogP) is 2.83. The van der Waals surface area contributed by atoms with Crippen LogP contribution >= 0.6 is 0 Å². The molecule has 0 saturated carbocycles. The number of H-pyrrole nitrogens is 1. The van der Waals surface area contributed by atoms with Gasteiger partial charge in [0.25, 0.3) is 5.56 Å². The Balaban J connectivity index is 1.80. The molecule has 0 atom stereocenters. The van der Waals surface area contributed by atoms with Crippen molar-refractivity contribution in [2.45, 2.75) is 6.54 Å². The highest BCUT2D eigenvalue weighted by molar-refractivity contribution is 5.90. The maximum atomic E-state index is 12.6. The first kappa shape index (κ1) is 13.5. The molecule has 3 heterocycles. The van der Waals surface area contributed by atoms with Crippen LogP contribution in [0.15, 0.2) is 72.0 Å². The number of aromatic amines is 1. The first-order valence-electron chi connectivity index (χ1n) is 7.35. The van der Waals surface area contributed by atoms with E-state index in [9.17, 15) is 4.79 Å². The fourth-order valence-corrected chi connectivity index (χ4v) is 2.65. The van der Waals surface area contributed by atoms with E-state index >= 15 is 0 Å². The van der Waals surface area contributed by atoms with Gasteiger partial charge in [-0.1, -0.05) is 36.4 Å². The van der Waals surface area contributed by atoms with Gasteiger partial charge in [0.05, 0.1) is 18.6 Å². The summed E-state index contributed by atoms with van der Waals surface area (Å²) in [4.78, 5) is 24.5. The monoisotopic (exact) mass is 302 g/mol. The normalized spacial score (nSPS) is 11.0. The molecule has 5 heteroatoms. The van der Waals surface area contributed by atoms with E-state index in [1.165, 1.54) is 0 Å². The van der Waals surface area contributed by atoms with Gasteiger partial charge in [-0.05, 0) is 17.7 Å². The van der Waals surface area contributed by atoms with Crippen molar-refractivity contribution in [3.8, 4) is 11.3 Å². The average Bonchev–Trinajstić information content (AvgIpc) is 3.04. The Bertz CT molecular complexity index is 1000. The van der Waals surface area contributed by atoms with E-state index in [0.29, 0.717) is 17.6 Å². The lowest BCUT2D eigenvalue weighted by Crippen LogP contribution is -2.21. The summed E-state index contributed by atoms with van der Waals surface area (Å²) in [6.45, 7) is 0.501. The molecule has 0 fully saturated rings. The fraction of sp³-hybridized carbons (Fsp3) is 0.0556. The number of benzene rings is 1. The van der Waals surface area contributed by atoms with E-state index in [2.05, 4.69) is 15.0 Å². The number of hydrogen-bond acceptors (Lipinski definition) is 3. The van der Waals surface area contributed by atoms with Crippen molar-refractivity contribution in [3.05, 3.63) is 83.2 Å². The van der Waals surface area contributed by atoms with Crippen LogP contribution in [0.3, 0.4) is 0 Å². The quantitative estimate of drug-likeness (QED) is 0.633. The maximum absolute atomic E-state index is 12.6. The second kappa shape index (κ2) is 5.53. The maximum Gasteiger partial charge on any atom is 0.277 e. The van der Waals surface area contributed by atoms with E-state index in [0.717, 1.165) is 16.8 Å². The molecule has 3 aromatic heterocycles. The molecule has 0 aliphatic heterocycles. The van der Waals surface area contributed by atoms with Gasteiger partial charge in [0.1, 0.15) is 11.0 Å². The number of rotatable bonds is 3. The van der Waals surface area contributed by atoms with Gasteiger partial charge < -0.3 is 4.98 Å². The summed E-state index contributed by atoms with van der Waals surface area (Å²) in [5, 5.41) is 0. The van der Waals surface area contributed by atoms with Crippen LogP contribution in [-0.4, -0.2) is 19.5 Å². The second-order valence-corrected chi connectivity index (χ2v) is 5.30. The Morgan fingerprint density at radius 2 is 1.83 bits per heavy atom. The van der Waals surface area contributed by atoms with Crippen LogP contribution in [0.4, 0.5) is 0 Å². The Labute approximate surface area is 132 Å². The first-order valence-corrected chi connectivity index (χ1v) is 7.35. The van der Waals surface area contributed by atoms with E-state index in [1.807, 2.05) is 48.5 Å². The molecule has 0 spiro atoms. The zero-order chi connectivity index (χ0) is 15.6. The van der Waals surface area contributed by atoms with Crippen molar-refractivity contribution < 1.29 is 0 Å². The van der Waals surface area contributed by atoms with Gasteiger partial charge in [-0.3, -0.25) is 14.3 Å². The van der Waals surface area contributed by atoms with E-state index in [4.69, 9.17) is 0 Å². The number of aromatic nitrogens is 4. The highest BCUT2D eigenvalue weighted by atomic mass is 16.1. The van der Waals surface area contributed by atoms with Crippen LogP contribution in [-0.2, 0) is 6.54 Å². The molecule has 0 unspecified atom stereocenters. The lowest BCUT2D eigenvalue weighted by atomic mass is 10.2. The smallest absolute Gasteiger partial charge is 0.277 e. The molecule has 0 amide bonds. The molecule has 0 bridgehead atoms. The molecule has 112 valence electrons. The van der Waals surface area contributed by atoms with Crippen LogP contribution in [0.5, 0.6) is 0 Å². The highest BCUT2D eigenvalue weighted by Crippen LogP contribution is 2.23. The third kappa shape index (κ3) is 2.42. The minimum atomic E-state index is -0.0824. The van der Waals surface area contributed by atoms with Gasteiger partial charge in [-0.25, -0.2) is 4.98 Å². The summed E-state index contributed by atoms with van der Waals surface area (Å²) in [7, 11) is 0. The van der Waals surface area contributed by atoms with Gasteiger partial charge in [-0.2, -0.15) is 0 Å². The average molecular weight is 302 g/mol. The molecular weight excluding hydrogens is 288 g/mol. The number of nitrogens with one attached hydrogen (secondary N) is 1. The minimum absolute atomic E-state index is 0.0824. The molecule has 23 heavy (non-hydrogen) atoms. The number of fused-ring (bicyclic) bond motifs is 1. The van der Waals surface area contributed by atoms with Crippen LogP contribution in [0.25, 0.3) is 22.3 Å². The zero-order valence-electron chi connectivity index (χ0n) is 12.3. The van der Waals surface area contributed by atoms with Crippen molar-refractivity contribution in [2.75, 3.05) is 0 Å². The Morgan fingerprint density at radius 1 is 1.00 bits per heavy atom. The summed E-state index contributed by atoms with van der Waals surface area (Å²) in [5.41, 5.74) is 3.77. The third-order valence-electron chi connectivity index (χ3n) is 3.79. The molecule has 4 aromatic rings. The fourth-order valence-electron chi connectivity index (χ4n) is 2.65. The second-order valence-electron chi connectivity index (χ2n) is 5.30. The Kier molecular flexibility index (Phi) is 3.24. The minimum Gasteiger partial charge on any atom is -0.355 e. The molecule has 0 saturated heterocycles. The summed E-state index contributed by atoms with van der Waals surface area (Å²) in [6, 6.07) is 15.5. The zero-order valence-corrected chi connectivity index (χ0v) is 12.3. The molecule has 0 radical (unpaired) electrons. The van der Waals surface area contributed by atoms with Crippen LogP contribution < -0.4 is 5.56 Å². The Morgan fingerprint density at radius 3 is 2.61 bits per heavy atom. The van der Waals surface area contributed by atoms with Crippen molar-refractivity contribution in [2.24, 2.45) is 0 Å². The number of hydrogen-bond donors (Lipinski definition) is 1. The topological polar surface area (TPSA) is 63.6 Å². The van der Waals surface area contributed by atoms with Crippen molar-refractivity contribution in [1.82, 2.24) is 19.5 Å². The standard InChI is InChI=1S/C18H14N4O/c23-18-17-16(14(10-20-17)15-8-4-5-9-19-15)21-12-22(18)11-13-6-2-1-3-7-13/h1-10,12,20H,11H2. The van der Waals surface area contributed by atoms with E-state index in [-0.39, 0.29) is 5.56 Å². The lowest BCUT2D eigenvalue weighted by Gasteiger charge is -2.05. The van der Waals surface area contributed by atoms with Gasteiger partial charge in [0, 0.05) is 18.0 Å². The SMILES string of the molecule is O=c1c2[nH]cc(-c3ccccn3)c2ncn1Cc1ccccc1. The first-order chi connectivity index (χ1) is 11.3. The van der Waals surface area contributed by atoms with Crippen molar-refractivity contribution >= 4 is 11.0 Å². The van der Waals surface area contributed by atoms with E-state index in [1.54, 1.807) is 23.3 Å². The molecule has 4 rings (SSSR count). The van der Waals surface area contributed by atoms with Crippen molar-refractivity contribution in [1.29, 1.82) is 0 Å². The van der Waals surface area contributed by atoms with Crippen molar-refractivity contribution in [3.63, 3.8) is 0 Å². The molecular formula is C18H14N4O. The summed E-state index contributed by atoms with van der Waals surface area (Å²) in [5.74, 6) is 0. The third-order valence-corrected chi connectivity index (χ3v) is 3.79. The lowest BCUT2D eigenvalue weighted by molar-refractivity contribution is 0.747. The molecule has 0 aliphatic carbocycles. The van der Waals surface area contributed by atoms with Crippen LogP contribution in [0, 0.1) is 0 Å². The van der Waals surface area contributed by atoms with E-state index < -0.39 is 0 Å². The Hall–Kier alpha value is -3.21. The summed E-state index contributed by atoms with van der Waals surface area (Å²) >= 11 is 0. The van der Waals surface area contributed by atoms with Gasteiger partial charge >= 0.3 is 0 Å². The predicted molar refractivity (Wildman–Crippen MR) is 89.1 cm³/mol. The van der Waals surface area contributed by atoms with Gasteiger partial charge in [0.15, 0.2) is 0 Å². The van der Waals surface area contributed by atoms with Crippen LogP contribution in [0.2, 0.25) is 0 Å². The summed E-state index contributed by atoms with van der Waals surface area (Å²) < 4.78 is 1.61. The molecule has 1 aromatic carbocycles. The van der Waals surface area contributed by atoms with Gasteiger partial charge in [0.2, 0.25) is 0 Å². The number of pyridine rings is 1. The number of nitrogens with zero attached hydrogens (tertiary/aromatic N) is 3. The highest BCUT2D eigenvalue weighted by Gasteiger charge is 2.12. The van der Waals surface area contributed by atoms with Crippen LogP contribution in [0.1, 0.15) is 5.56 Å². The largest absolute Gasteiger partial charge is 0.355 e. The summed E-state index contributed by atoms with van der Waals surface area (Å²) in [6.07, 6.45) is 5.11. The van der Waals surface area contributed by atoms with Gasteiger partial charge in [-0.15, -0.1) is 0 Å². The molecule has 5 nitrogen and oxygen atoms in total. The molecule has 1 N–H and O–H groups in total. The molecule has 0 aliphatic rings.